The summed E-state index contributed by atoms with van der Waals surface area (Å²) in [6.45, 7) is 4.57. The Morgan fingerprint density at radius 2 is 1.13 bits per heavy atom. The van der Waals surface area contributed by atoms with Crippen LogP contribution in [0.5, 0.6) is 0 Å². The average molecular weight is 429 g/mol. The fourth-order valence-corrected chi connectivity index (χ4v) is 6.09. The normalized spacial score (nSPS) is 33.9. The van der Waals surface area contributed by atoms with Gasteiger partial charge in [0.15, 0.2) is 0 Å². The largest absolute Gasteiger partial charge is 0.462 e. The first-order valence-corrected chi connectivity index (χ1v) is 13.9. The molecule has 0 aliphatic heterocycles. The number of carbonyl (C=O) groups excluding carboxylic acids is 1. The smallest absolute Gasteiger partial charge is 0.309 e. The Morgan fingerprint density at radius 3 is 1.61 bits per heavy atom. The molecule has 0 aromatic rings. The molecule has 0 amide bonds. The summed E-state index contributed by atoms with van der Waals surface area (Å²) in [7, 11) is 0. The highest BCUT2D eigenvalue weighted by atomic mass is 16.5. The van der Waals surface area contributed by atoms with Crippen LogP contribution in [0.25, 0.3) is 0 Å². The molecular formula is C29H48O2. The Bertz CT molecular complexity index is 561. The Kier molecular flexibility index (Phi) is 10.8. The van der Waals surface area contributed by atoms with E-state index in [1.807, 2.05) is 0 Å². The van der Waals surface area contributed by atoms with Gasteiger partial charge in [-0.1, -0.05) is 64.2 Å². The molecule has 0 heterocycles. The fraction of sp³-hybridized carbons (Fsp3) is 0.897. The first kappa shape index (κ1) is 24.7. The highest BCUT2D eigenvalue weighted by molar-refractivity contribution is 5.72. The van der Waals surface area contributed by atoms with Gasteiger partial charge in [-0.25, -0.2) is 0 Å². The summed E-state index contributed by atoms with van der Waals surface area (Å²) in [4.78, 5) is 12.7. The maximum atomic E-state index is 12.7. The summed E-state index contributed by atoms with van der Waals surface area (Å²) in [5, 5.41) is 0. The Hall–Kier alpha value is -0.970. The van der Waals surface area contributed by atoms with Crippen molar-refractivity contribution in [2.24, 2.45) is 29.6 Å². The lowest BCUT2D eigenvalue weighted by Gasteiger charge is -2.31. The maximum Gasteiger partial charge on any atom is 0.309 e. The van der Waals surface area contributed by atoms with Crippen LogP contribution in [-0.2, 0) is 9.53 Å². The summed E-state index contributed by atoms with van der Waals surface area (Å²) in [5.41, 5.74) is 0. The van der Waals surface area contributed by atoms with Gasteiger partial charge < -0.3 is 4.74 Å². The van der Waals surface area contributed by atoms with Crippen LogP contribution in [0.15, 0.2) is 0 Å². The molecule has 0 aromatic heterocycles. The van der Waals surface area contributed by atoms with Crippen molar-refractivity contribution >= 4 is 5.97 Å². The molecule has 0 aromatic carbocycles. The van der Waals surface area contributed by atoms with E-state index in [0.717, 1.165) is 50.4 Å². The van der Waals surface area contributed by atoms with E-state index in [9.17, 15) is 4.79 Å². The van der Waals surface area contributed by atoms with Crippen molar-refractivity contribution in [2.75, 3.05) is 0 Å². The molecule has 0 spiro atoms. The van der Waals surface area contributed by atoms with Crippen molar-refractivity contribution in [3.63, 3.8) is 0 Å². The number of ether oxygens (including phenoxy) is 1. The van der Waals surface area contributed by atoms with Gasteiger partial charge in [0, 0.05) is 11.8 Å². The van der Waals surface area contributed by atoms with Crippen LogP contribution in [-0.4, -0.2) is 12.1 Å². The zero-order chi connectivity index (χ0) is 21.9. The van der Waals surface area contributed by atoms with Crippen molar-refractivity contribution in [3.8, 4) is 11.8 Å². The molecule has 31 heavy (non-hydrogen) atoms. The number of rotatable bonds is 8. The van der Waals surface area contributed by atoms with E-state index in [1.165, 1.54) is 77.0 Å². The molecule has 0 atom stereocenters. The molecule has 176 valence electrons. The number of carbonyl (C=O) groups is 1. The minimum atomic E-state index is 0.0915. The van der Waals surface area contributed by atoms with Gasteiger partial charge in [0.2, 0.25) is 0 Å². The Morgan fingerprint density at radius 1 is 0.677 bits per heavy atom. The second-order valence-corrected chi connectivity index (χ2v) is 10.9. The molecule has 3 rings (SSSR count). The predicted octanol–water partition coefficient (Wildman–Crippen LogP) is 8.09. The second-order valence-electron chi connectivity index (χ2n) is 10.9. The van der Waals surface area contributed by atoms with Gasteiger partial charge in [-0.2, -0.15) is 0 Å². The fourth-order valence-electron chi connectivity index (χ4n) is 6.09. The third-order valence-electron chi connectivity index (χ3n) is 8.41. The molecule has 0 bridgehead atoms. The van der Waals surface area contributed by atoms with Gasteiger partial charge in [-0.3, -0.25) is 4.79 Å². The van der Waals surface area contributed by atoms with Gasteiger partial charge in [0.1, 0.15) is 6.10 Å². The van der Waals surface area contributed by atoms with E-state index in [1.54, 1.807) is 0 Å². The minimum absolute atomic E-state index is 0.0915. The zero-order valence-electron chi connectivity index (χ0n) is 20.5. The molecule has 3 aliphatic carbocycles. The van der Waals surface area contributed by atoms with Crippen LogP contribution in [0.2, 0.25) is 0 Å². The van der Waals surface area contributed by atoms with Crippen molar-refractivity contribution in [2.45, 2.75) is 136 Å². The SMILES string of the molecule is CCCCC1CCC(C#CC2CCC(C(=O)OC3CCC(CCCC)CC3)CC2)CC1. The molecule has 3 fully saturated rings. The van der Waals surface area contributed by atoms with Crippen LogP contribution >= 0.6 is 0 Å². The van der Waals surface area contributed by atoms with Crippen LogP contribution in [0, 0.1) is 41.4 Å². The summed E-state index contributed by atoms with van der Waals surface area (Å²) < 4.78 is 5.94. The first-order valence-electron chi connectivity index (χ1n) is 13.9. The summed E-state index contributed by atoms with van der Waals surface area (Å²) in [6.07, 6.45) is 22.5. The minimum Gasteiger partial charge on any atom is -0.462 e. The van der Waals surface area contributed by atoms with E-state index in [-0.39, 0.29) is 18.0 Å². The quantitative estimate of drug-likeness (QED) is 0.288. The van der Waals surface area contributed by atoms with Crippen molar-refractivity contribution in [3.05, 3.63) is 0 Å². The van der Waals surface area contributed by atoms with Gasteiger partial charge in [0.05, 0.1) is 5.92 Å². The number of hydrogen-bond acceptors (Lipinski definition) is 2. The van der Waals surface area contributed by atoms with E-state index < -0.39 is 0 Å². The van der Waals surface area contributed by atoms with E-state index in [0.29, 0.717) is 11.8 Å². The molecule has 0 radical (unpaired) electrons. The van der Waals surface area contributed by atoms with Gasteiger partial charge in [-0.05, 0) is 88.9 Å². The first-order chi connectivity index (χ1) is 15.2. The molecular weight excluding hydrogens is 380 g/mol. The summed E-state index contributed by atoms with van der Waals surface area (Å²) in [5.74, 6) is 10.4. The van der Waals surface area contributed by atoms with Crippen LogP contribution in [0.4, 0.5) is 0 Å². The van der Waals surface area contributed by atoms with Crippen LogP contribution in [0.1, 0.15) is 129 Å². The van der Waals surface area contributed by atoms with E-state index >= 15 is 0 Å². The van der Waals surface area contributed by atoms with Crippen molar-refractivity contribution < 1.29 is 9.53 Å². The summed E-state index contributed by atoms with van der Waals surface area (Å²) in [6, 6.07) is 0. The molecule has 3 saturated carbocycles. The highest BCUT2D eigenvalue weighted by Gasteiger charge is 2.30. The lowest BCUT2D eigenvalue weighted by molar-refractivity contribution is -0.157. The second kappa shape index (κ2) is 13.5. The summed E-state index contributed by atoms with van der Waals surface area (Å²) >= 11 is 0. The molecule has 0 unspecified atom stereocenters. The van der Waals surface area contributed by atoms with Crippen molar-refractivity contribution in [1.82, 2.24) is 0 Å². The Labute approximate surface area is 192 Å². The van der Waals surface area contributed by atoms with Crippen LogP contribution < -0.4 is 0 Å². The van der Waals surface area contributed by atoms with E-state index in [2.05, 4.69) is 25.7 Å². The van der Waals surface area contributed by atoms with Crippen molar-refractivity contribution in [1.29, 1.82) is 0 Å². The van der Waals surface area contributed by atoms with Gasteiger partial charge >= 0.3 is 5.97 Å². The lowest BCUT2D eigenvalue weighted by Crippen LogP contribution is -2.30. The molecule has 0 N–H and O–H groups in total. The zero-order valence-corrected chi connectivity index (χ0v) is 20.5. The lowest BCUT2D eigenvalue weighted by atomic mass is 9.79. The molecule has 2 heteroatoms. The Balaban J connectivity index is 1.30. The third-order valence-corrected chi connectivity index (χ3v) is 8.41. The maximum absolute atomic E-state index is 12.7. The van der Waals surface area contributed by atoms with Gasteiger partial charge in [0.25, 0.3) is 0 Å². The molecule has 0 saturated heterocycles. The third kappa shape index (κ3) is 8.47. The topological polar surface area (TPSA) is 26.3 Å². The molecule has 3 aliphatic rings. The molecule has 2 nitrogen and oxygen atoms in total. The monoisotopic (exact) mass is 428 g/mol. The number of hydrogen-bond donors (Lipinski definition) is 0. The van der Waals surface area contributed by atoms with Gasteiger partial charge in [-0.15, -0.1) is 0 Å². The van der Waals surface area contributed by atoms with Crippen LogP contribution in [0.3, 0.4) is 0 Å². The van der Waals surface area contributed by atoms with E-state index in [4.69, 9.17) is 4.74 Å². The average Bonchev–Trinajstić information content (AvgIpc) is 2.82. The standard InChI is InChI=1S/C29H48O2/c1-3-5-7-23-9-11-25(12-10-23)13-14-26-15-19-27(20-16-26)29(30)31-28-21-17-24(18-22-28)8-6-4-2/h23-28H,3-12,15-22H2,1-2H3. The number of unbranched alkanes of at least 4 members (excludes halogenated alkanes) is 2. The predicted molar refractivity (Wildman–Crippen MR) is 130 cm³/mol. The number of esters is 1. The highest BCUT2D eigenvalue weighted by Crippen LogP contribution is 2.34.